The first-order valence-electron chi connectivity index (χ1n) is 5.61. The van der Waals surface area contributed by atoms with Gasteiger partial charge in [0.15, 0.2) is 0 Å². The monoisotopic (exact) mass is 312 g/mol. The van der Waals surface area contributed by atoms with E-state index in [1.807, 2.05) is 24.4 Å². The molecule has 0 amide bonds. The maximum absolute atomic E-state index is 5.98. The van der Waals surface area contributed by atoms with Crippen molar-refractivity contribution in [3.8, 4) is 0 Å². The van der Waals surface area contributed by atoms with Gasteiger partial charge in [-0.15, -0.1) is 0 Å². The van der Waals surface area contributed by atoms with Gasteiger partial charge < -0.3 is 4.90 Å². The average molecular weight is 314 g/mol. The van der Waals surface area contributed by atoms with Crippen LogP contribution in [0.5, 0.6) is 0 Å². The first kappa shape index (κ1) is 12.7. The van der Waals surface area contributed by atoms with Crippen molar-refractivity contribution in [3.05, 3.63) is 35.5 Å². The SMILES string of the molecule is CCN(CCBr)c1ccnc2cc(Cl)ccc12. The van der Waals surface area contributed by atoms with E-state index in [0.29, 0.717) is 0 Å². The summed E-state index contributed by atoms with van der Waals surface area (Å²) in [5.41, 5.74) is 2.16. The molecule has 2 nitrogen and oxygen atoms in total. The molecule has 0 bridgehead atoms. The Kier molecular flexibility index (Phi) is 4.24. The summed E-state index contributed by atoms with van der Waals surface area (Å²) in [6.45, 7) is 4.12. The first-order chi connectivity index (χ1) is 8.26. The van der Waals surface area contributed by atoms with Gasteiger partial charge in [0.25, 0.3) is 0 Å². The molecule has 1 heterocycles. The molecule has 0 spiro atoms. The average Bonchev–Trinajstić information content (AvgIpc) is 2.35. The molecule has 0 aliphatic heterocycles. The van der Waals surface area contributed by atoms with Crippen molar-refractivity contribution in [2.45, 2.75) is 6.92 Å². The van der Waals surface area contributed by atoms with E-state index in [0.717, 1.165) is 34.3 Å². The summed E-state index contributed by atoms with van der Waals surface area (Å²) < 4.78 is 0. The van der Waals surface area contributed by atoms with E-state index in [9.17, 15) is 0 Å². The minimum absolute atomic E-state index is 0.727. The van der Waals surface area contributed by atoms with Crippen molar-refractivity contribution >= 4 is 44.1 Å². The quantitative estimate of drug-likeness (QED) is 0.790. The molecular formula is C13H14BrClN2. The lowest BCUT2D eigenvalue weighted by Gasteiger charge is -2.23. The van der Waals surface area contributed by atoms with E-state index >= 15 is 0 Å². The van der Waals surface area contributed by atoms with E-state index in [1.165, 1.54) is 5.69 Å². The lowest BCUT2D eigenvalue weighted by atomic mass is 10.1. The Morgan fingerprint density at radius 1 is 1.35 bits per heavy atom. The van der Waals surface area contributed by atoms with Crippen molar-refractivity contribution in [2.75, 3.05) is 23.3 Å². The largest absolute Gasteiger partial charge is 0.370 e. The van der Waals surface area contributed by atoms with E-state index in [2.05, 4.69) is 38.8 Å². The predicted octanol–water partition coefficient (Wildman–Crippen LogP) is 4.11. The topological polar surface area (TPSA) is 16.1 Å². The summed E-state index contributed by atoms with van der Waals surface area (Å²) in [6, 6.07) is 7.92. The van der Waals surface area contributed by atoms with Crippen molar-refractivity contribution in [3.63, 3.8) is 0 Å². The van der Waals surface area contributed by atoms with E-state index in [4.69, 9.17) is 11.6 Å². The van der Waals surface area contributed by atoms with Gasteiger partial charge in [0.2, 0.25) is 0 Å². The molecule has 90 valence electrons. The number of pyridine rings is 1. The van der Waals surface area contributed by atoms with E-state index in [-0.39, 0.29) is 0 Å². The number of nitrogens with zero attached hydrogens (tertiary/aromatic N) is 2. The number of benzene rings is 1. The Hall–Kier alpha value is -0.800. The van der Waals surface area contributed by atoms with Gasteiger partial charge in [0.05, 0.1) is 5.52 Å². The maximum Gasteiger partial charge on any atom is 0.0737 e. The van der Waals surface area contributed by atoms with Crippen LogP contribution in [0.25, 0.3) is 10.9 Å². The van der Waals surface area contributed by atoms with Crippen LogP contribution in [0.1, 0.15) is 6.92 Å². The van der Waals surface area contributed by atoms with Gasteiger partial charge in [-0.25, -0.2) is 0 Å². The highest BCUT2D eigenvalue weighted by Gasteiger charge is 2.08. The molecule has 2 aromatic rings. The highest BCUT2D eigenvalue weighted by molar-refractivity contribution is 9.09. The number of fused-ring (bicyclic) bond motifs is 1. The van der Waals surface area contributed by atoms with Crippen LogP contribution in [-0.4, -0.2) is 23.4 Å². The standard InChI is InChI=1S/C13H14BrClN2/c1-2-17(8-6-14)13-5-7-16-12-9-10(15)3-4-11(12)13/h3-5,7,9H,2,6,8H2,1H3. The van der Waals surface area contributed by atoms with Crippen molar-refractivity contribution in [2.24, 2.45) is 0 Å². The van der Waals surface area contributed by atoms with Gasteiger partial charge in [-0.3, -0.25) is 4.98 Å². The molecule has 0 saturated heterocycles. The minimum Gasteiger partial charge on any atom is -0.370 e. The van der Waals surface area contributed by atoms with Crippen LogP contribution in [0.15, 0.2) is 30.5 Å². The fourth-order valence-electron chi connectivity index (χ4n) is 1.93. The van der Waals surface area contributed by atoms with Crippen LogP contribution in [0, 0.1) is 0 Å². The Morgan fingerprint density at radius 3 is 2.88 bits per heavy atom. The van der Waals surface area contributed by atoms with Crippen molar-refractivity contribution in [1.29, 1.82) is 0 Å². The number of hydrogen-bond acceptors (Lipinski definition) is 2. The Bertz CT molecular complexity index is 516. The molecule has 0 unspecified atom stereocenters. The lowest BCUT2D eigenvalue weighted by molar-refractivity contribution is 0.879. The van der Waals surface area contributed by atoms with Gasteiger partial charge >= 0.3 is 0 Å². The Morgan fingerprint density at radius 2 is 2.18 bits per heavy atom. The number of halogens is 2. The van der Waals surface area contributed by atoms with E-state index < -0.39 is 0 Å². The molecule has 1 aromatic carbocycles. The minimum atomic E-state index is 0.727. The van der Waals surface area contributed by atoms with Crippen LogP contribution in [-0.2, 0) is 0 Å². The lowest BCUT2D eigenvalue weighted by Crippen LogP contribution is -2.24. The molecule has 1 aromatic heterocycles. The first-order valence-corrected chi connectivity index (χ1v) is 7.11. The van der Waals surface area contributed by atoms with Crippen LogP contribution < -0.4 is 4.90 Å². The molecule has 0 saturated carbocycles. The summed E-state index contributed by atoms with van der Waals surface area (Å²) in [5.74, 6) is 0. The van der Waals surface area contributed by atoms with Gasteiger partial charge in [0, 0.05) is 40.7 Å². The summed E-state index contributed by atoms with van der Waals surface area (Å²) in [7, 11) is 0. The molecular weight excluding hydrogens is 300 g/mol. The third-order valence-electron chi connectivity index (χ3n) is 2.76. The number of anilines is 1. The molecule has 4 heteroatoms. The zero-order valence-electron chi connectivity index (χ0n) is 9.66. The van der Waals surface area contributed by atoms with Gasteiger partial charge in [-0.1, -0.05) is 27.5 Å². The molecule has 0 atom stereocenters. The van der Waals surface area contributed by atoms with Crippen LogP contribution in [0.3, 0.4) is 0 Å². The van der Waals surface area contributed by atoms with E-state index in [1.54, 1.807) is 0 Å². The predicted molar refractivity (Wildman–Crippen MR) is 78.4 cm³/mol. The molecule has 2 rings (SSSR count). The van der Waals surface area contributed by atoms with Gasteiger partial charge in [0.1, 0.15) is 0 Å². The second-order valence-corrected chi connectivity index (χ2v) is 4.99. The highest BCUT2D eigenvalue weighted by atomic mass is 79.9. The highest BCUT2D eigenvalue weighted by Crippen LogP contribution is 2.27. The van der Waals surface area contributed by atoms with Gasteiger partial charge in [-0.2, -0.15) is 0 Å². The van der Waals surface area contributed by atoms with Crippen molar-refractivity contribution in [1.82, 2.24) is 4.98 Å². The number of hydrogen-bond donors (Lipinski definition) is 0. The number of alkyl halides is 1. The molecule has 0 aliphatic rings. The Labute approximate surface area is 115 Å². The third-order valence-corrected chi connectivity index (χ3v) is 3.35. The molecule has 0 aliphatic carbocycles. The fraction of sp³-hybridized carbons (Fsp3) is 0.308. The molecule has 17 heavy (non-hydrogen) atoms. The summed E-state index contributed by atoms with van der Waals surface area (Å²) >= 11 is 9.47. The zero-order valence-corrected chi connectivity index (χ0v) is 12.0. The van der Waals surface area contributed by atoms with Gasteiger partial charge in [-0.05, 0) is 31.2 Å². The molecule has 0 radical (unpaired) electrons. The van der Waals surface area contributed by atoms with Crippen LogP contribution in [0.2, 0.25) is 5.02 Å². The smallest absolute Gasteiger partial charge is 0.0737 e. The second-order valence-electron chi connectivity index (χ2n) is 3.76. The Balaban J connectivity index is 2.53. The van der Waals surface area contributed by atoms with Crippen molar-refractivity contribution < 1.29 is 0 Å². The third kappa shape index (κ3) is 2.72. The summed E-state index contributed by atoms with van der Waals surface area (Å²) in [6.07, 6.45) is 1.84. The fourth-order valence-corrected chi connectivity index (χ4v) is 2.53. The zero-order chi connectivity index (χ0) is 12.3. The number of aromatic nitrogens is 1. The maximum atomic E-state index is 5.98. The number of rotatable bonds is 4. The second kappa shape index (κ2) is 5.69. The summed E-state index contributed by atoms with van der Waals surface area (Å²) in [5, 5.41) is 2.84. The summed E-state index contributed by atoms with van der Waals surface area (Å²) in [4.78, 5) is 6.68. The molecule has 0 N–H and O–H groups in total. The van der Waals surface area contributed by atoms with Crippen LogP contribution >= 0.6 is 27.5 Å². The normalized spacial score (nSPS) is 10.8. The van der Waals surface area contributed by atoms with Crippen LogP contribution in [0.4, 0.5) is 5.69 Å². The molecule has 0 fully saturated rings.